The fourth-order valence-electron chi connectivity index (χ4n) is 4.38. The van der Waals surface area contributed by atoms with Crippen LogP contribution in [0.1, 0.15) is 49.5 Å². The first-order chi connectivity index (χ1) is 11.7. The number of carbonyl (C=O) groups is 1. The number of piperidine rings is 1. The monoisotopic (exact) mass is 323 g/mol. The maximum Gasteiger partial charge on any atom is 0.272 e. The summed E-state index contributed by atoms with van der Waals surface area (Å²) in [6, 6.07) is 12.1. The minimum absolute atomic E-state index is 0.0429. The van der Waals surface area contributed by atoms with Crippen LogP contribution < -0.4 is 5.32 Å². The first-order valence-corrected chi connectivity index (χ1v) is 9.09. The van der Waals surface area contributed by atoms with Gasteiger partial charge in [0.2, 0.25) is 0 Å². The molecular weight excluding hydrogens is 298 g/mol. The predicted molar refractivity (Wildman–Crippen MR) is 96.1 cm³/mol. The quantitative estimate of drug-likeness (QED) is 0.875. The molecule has 0 bridgehead atoms. The molecule has 24 heavy (non-hydrogen) atoms. The standard InChI is InChI=1S/C20H25N3O/c1-20-12-6-14-23(18(20)9-4-5-13-21-20)19(24)17-11-10-15-7-2-3-8-16(15)22-17/h2-3,7-8,10-11,18,21H,4-6,9,12-14H2,1H3/t18-,20-/m0/s1. The van der Waals surface area contributed by atoms with E-state index in [1.54, 1.807) is 0 Å². The van der Waals surface area contributed by atoms with Gasteiger partial charge in [0, 0.05) is 23.5 Å². The van der Waals surface area contributed by atoms with Crippen molar-refractivity contribution in [3.63, 3.8) is 0 Å². The average molecular weight is 323 g/mol. The summed E-state index contributed by atoms with van der Waals surface area (Å²) in [4.78, 5) is 19.9. The van der Waals surface area contributed by atoms with Crippen molar-refractivity contribution in [1.29, 1.82) is 0 Å². The molecule has 0 unspecified atom stereocenters. The molecule has 2 aromatic rings. The molecule has 1 amide bonds. The van der Waals surface area contributed by atoms with Gasteiger partial charge in [-0.1, -0.05) is 30.7 Å². The van der Waals surface area contributed by atoms with Gasteiger partial charge in [0.1, 0.15) is 5.69 Å². The molecule has 4 heteroatoms. The second kappa shape index (κ2) is 6.17. The molecule has 0 spiro atoms. The fraction of sp³-hybridized carbons (Fsp3) is 0.500. The molecule has 0 aliphatic carbocycles. The van der Waals surface area contributed by atoms with Crippen LogP contribution >= 0.6 is 0 Å². The third-order valence-corrected chi connectivity index (χ3v) is 5.72. The summed E-state index contributed by atoms with van der Waals surface area (Å²) in [5.41, 5.74) is 1.51. The zero-order valence-corrected chi connectivity index (χ0v) is 14.3. The summed E-state index contributed by atoms with van der Waals surface area (Å²) in [5.74, 6) is 0.0837. The molecule has 126 valence electrons. The molecule has 4 rings (SSSR count). The van der Waals surface area contributed by atoms with Crippen LogP contribution in [0.2, 0.25) is 0 Å². The molecule has 1 aromatic heterocycles. The van der Waals surface area contributed by atoms with Gasteiger partial charge in [-0.05, 0) is 51.3 Å². The largest absolute Gasteiger partial charge is 0.332 e. The Kier molecular flexibility index (Phi) is 4.01. The van der Waals surface area contributed by atoms with E-state index in [9.17, 15) is 4.79 Å². The number of rotatable bonds is 1. The summed E-state index contributed by atoms with van der Waals surface area (Å²) in [6.07, 6.45) is 5.67. The summed E-state index contributed by atoms with van der Waals surface area (Å²) in [6.45, 7) is 4.19. The molecule has 4 nitrogen and oxygen atoms in total. The van der Waals surface area contributed by atoms with Crippen molar-refractivity contribution in [1.82, 2.24) is 15.2 Å². The lowest BCUT2D eigenvalue weighted by Gasteiger charge is -2.48. The molecule has 2 atom stereocenters. The Hall–Kier alpha value is -1.94. The highest BCUT2D eigenvalue weighted by Gasteiger charge is 2.43. The molecule has 1 aromatic carbocycles. The minimum Gasteiger partial charge on any atom is -0.332 e. The number of nitrogens with one attached hydrogen (secondary N) is 1. The lowest BCUT2D eigenvalue weighted by atomic mass is 9.81. The summed E-state index contributed by atoms with van der Waals surface area (Å²) in [7, 11) is 0. The summed E-state index contributed by atoms with van der Waals surface area (Å²) in [5, 5.41) is 4.79. The predicted octanol–water partition coefficient (Wildman–Crippen LogP) is 3.37. The topological polar surface area (TPSA) is 45.2 Å². The Bertz CT molecular complexity index is 759. The molecule has 2 aliphatic rings. The van der Waals surface area contributed by atoms with Crippen molar-refractivity contribution in [3.8, 4) is 0 Å². The van der Waals surface area contributed by atoms with Gasteiger partial charge in [-0.2, -0.15) is 0 Å². The Morgan fingerprint density at radius 3 is 3.00 bits per heavy atom. The van der Waals surface area contributed by atoms with Crippen LogP contribution in [0.25, 0.3) is 10.9 Å². The van der Waals surface area contributed by atoms with E-state index in [-0.39, 0.29) is 17.5 Å². The third-order valence-electron chi connectivity index (χ3n) is 5.72. The Balaban J connectivity index is 1.66. The van der Waals surface area contributed by atoms with Crippen LogP contribution in [0, 0.1) is 0 Å². The number of pyridine rings is 1. The smallest absolute Gasteiger partial charge is 0.272 e. The Morgan fingerprint density at radius 2 is 2.08 bits per heavy atom. The Morgan fingerprint density at radius 1 is 1.21 bits per heavy atom. The zero-order chi connectivity index (χ0) is 16.6. The molecule has 2 fully saturated rings. The lowest BCUT2D eigenvalue weighted by molar-refractivity contribution is 0.0375. The second-order valence-corrected chi connectivity index (χ2v) is 7.35. The highest BCUT2D eigenvalue weighted by atomic mass is 16.2. The van der Waals surface area contributed by atoms with E-state index in [1.807, 2.05) is 36.4 Å². The van der Waals surface area contributed by atoms with Gasteiger partial charge in [-0.15, -0.1) is 0 Å². The molecule has 1 N–H and O–H groups in total. The van der Waals surface area contributed by atoms with E-state index in [0.29, 0.717) is 5.69 Å². The SMILES string of the molecule is C[C@]12CCCN(C(=O)c3ccc4ccccc4n3)[C@H]1CCCCN2. The van der Waals surface area contributed by atoms with Gasteiger partial charge in [-0.25, -0.2) is 4.98 Å². The molecule has 3 heterocycles. The average Bonchev–Trinajstić information content (AvgIpc) is 2.81. The van der Waals surface area contributed by atoms with Gasteiger partial charge < -0.3 is 10.2 Å². The number of benzene rings is 1. The van der Waals surface area contributed by atoms with Crippen molar-refractivity contribution in [2.75, 3.05) is 13.1 Å². The third kappa shape index (κ3) is 2.69. The van der Waals surface area contributed by atoms with Crippen molar-refractivity contribution in [2.24, 2.45) is 0 Å². The second-order valence-electron chi connectivity index (χ2n) is 7.35. The van der Waals surface area contributed by atoms with Gasteiger partial charge in [0.15, 0.2) is 0 Å². The maximum atomic E-state index is 13.2. The van der Waals surface area contributed by atoms with E-state index >= 15 is 0 Å². The number of aromatic nitrogens is 1. The fourth-order valence-corrected chi connectivity index (χ4v) is 4.38. The van der Waals surface area contributed by atoms with Gasteiger partial charge in [0.25, 0.3) is 5.91 Å². The van der Waals surface area contributed by atoms with Crippen molar-refractivity contribution in [2.45, 2.75) is 50.6 Å². The maximum absolute atomic E-state index is 13.2. The highest BCUT2D eigenvalue weighted by molar-refractivity contribution is 5.95. The number of nitrogens with zero attached hydrogens (tertiary/aromatic N) is 2. The van der Waals surface area contributed by atoms with E-state index in [1.165, 1.54) is 12.8 Å². The van der Waals surface area contributed by atoms with E-state index in [4.69, 9.17) is 0 Å². The van der Waals surface area contributed by atoms with Gasteiger partial charge in [-0.3, -0.25) is 4.79 Å². The number of likely N-dealkylation sites (tertiary alicyclic amines) is 1. The van der Waals surface area contributed by atoms with Crippen molar-refractivity contribution < 1.29 is 4.79 Å². The van der Waals surface area contributed by atoms with Crippen LogP contribution in [0.4, 0.5) is 0 Å². The lowest BCUT2D eigenvalue weighted by Crippen LogP contribution is -2.62. The summed E-state index contributed by atoms with van der Waals surface area (Å²) < 4.78 is 0. The Labute approximate surface area is 143 Å². The van der Waals surface area contributed by atoms with Crippen LogP contribution in [0.15, 0.2) is 36.4 Å². The van der Waals surface area contributed by atoms with E-state index < -0.39 is 0 Å². The van der Waals surface area contributed by atoms with Gasteiger partial charge >= 0.3 is 0 Å². The highest BCUT2D eigenvalue weighted by Crippen LogP contribution is 2.33. The number of fused-ring (bicyclic) bond motifs is 2. The first kappa shape index (κ1) is 15.6. The molecule has 0 radical (unpaired) electrons. The zero-order valence-electron chi connectivity index (χ0n) is 14.3. The normalized spacial score (nSPS) is 27.5. The summed E-state index contributed by atoms with van der Waals surface area (Å²) >= 11 is 0. The number of hydrogen-bond donors (Lipinski definition) is 1. The van der Waals surface area contributed by atoms with Crippen molar-refractivity contribution in [3.05, 3.63) is 42.1 Å². The van der Waals surface area contributed by atoms with Crippen LogP contribution in [-0.2, 0) is 0 Å². The van der Waals surface area contributed by atoms with E-state index in [2.05, 4.69) is 22.1 Å². The molecular formula is C20H25N3O. The van der Waals surface area contributed by atoms with Crippen LogP contribution in [-0.4, -0.2) is 40.5 Å². The van der Waals surface area contributed by atoms with Crippen LogP contribution in [0.3, 0.4) is 0 Å². The number of hydrogen-bond acceptors (Lipinski definition) is 3. The van der Waals surface area contributed by atoms with E-state index in [0.717, 1.165) is 43.3 Å². The minimum atomic E-state index is 0.0429. The number of carbonyl (C=O) groups excluding carboxylic acids is 1. The first-order valence-electron chi connectivity index (χ1n) is 9.09. The van der Waals surface area contributed by atoms with Crippen molar-refractivity contribution >= 4 is 16.8 Å². The number of amides is 1. The molecule has 2 aliphatic heterocycles. The van der Waals surface area contributed by atoms with Gasteiger partial charge in [0.05, 0.1) is 5.52 Å². The molecule has 2 saturated heterocycles. The molecule has 0 saturated carbocycles. The van der Waals surface area contributed by atoms with Crippen LogP contribution in [0.5, 0.6) is 0 Å². The number of para-hydroxylation sites is 1.